The van der Waals surface area contributed by atoms with Gasteiger partial charge in [0, 0.05) is 25.2 Å². The van der Waals surface area contributed by atoms with Crippen LogP contribution in [-0.2, 0) is 17.8 Å². The molecule has 26 heavy (non-hydrogen) atoms. The van der Waals surface area contributed by atoms with E-state index in [-0.39, 0.29) is 24.6 Å². The van der Waals surface area contributed by atoms with Gasteiger partial charge in [-0.2, -0.15) is 0 Å². The number of aromatic nitrogens is 3. The van der Waals surface area contributed by atoms with E-state index in [4.69, 9.17) is 9.47 Å². The molecule has 2 aliphatic heterocycles. The molecular formula is C18H16N4O4. The topological polar surface area (TPSA) is 88.9 Å². The van der Waals surface area contributed by atoms with Crippen molar-refractivity contribution >= 4 is 11.6 Å². The van der Waals surface area contributed by atoms with Crippen LogP contribution >= 0.6 is 0 Å². The Bertz CT molecular complexity index is 1070. The number of hydrogen-bond acceptors (Lipinski definition) is 5. The first-order chi connectivity index (χ1) is 12.7. The lowest BCUT2D eigenvalue weighted by molar-refractivity contribution is -0.142. The molecule has 0 saturated carbocycles. The van der Waals surface area contributed by atoms with Gasteiger partial charge in [0.15, 0.2) is 17.1 Å². The fourth-order valence-corrected chi connectivity index (χ4v) is 3.45. The van der Waals surface area contributed by atoms with Gasteiger partial charge in [-0.05, 0) is 12.1 Å². The number of ether oxygens (including phenoxy) is 2. The van der Waals surface area contributed by atoms with Gasteiger partial charge in [0.05, 0.1) is 17.8 Å². The Kier molecular flexibility index (Phi) is 3.24. The smallest absolute Gasteiger partial charge is 0.277 e. The Labute approximate surface area is 148 Å². The van der Waals surface area contributed by atoms with E-state index in [0.717, 1.165) is 5.69 Å². The summed E-state index contributed by atoms with van der Waals surface area (Å²) in [7, 11) is 0. The van der Waals surface area contributed by atoms with E-state index in [0.29, 0.717) is 35.7 Å². The average molecular weight is 352 g/mol. The average Bonchev–Trinajstić information content (AvgIpc) is 3.16. The van der Waals surface area contributed by atoms with Crippen LogP contribution in [0.15, 0.2) is 41.3 Å². The van der Waals surface area contributed by atoms with Crippen molar-refractivity contribution in [3.63, 3.8) is 0 Å². The van der Waals surface area contributed by atoms with Crippen LogP contribution in [0.2, 0.25) is 0 Å². The van der Waals surface area contributed by atoms with Crippen molar-refractivity contribution in [1.29, 1.82) is 0 Å². The highest BCUT2D eigenvalue weighted by Gasteiger charge is 2.33. The molecular weight excluding hydrogens is 336 g/mol. The summed E-state index contributed by atoms with van der Waals surface area (Å²) in [5.74, 6) is 1.02. The normalized spacial score (nSPS) is 18.6. The standard InChI is InChI=1S/C18H16N4O4/c23-17-11-9-21(8-6-12(11)20-16-5-7-19-22(16)17)18(24)15-10-25-13-3-1-2-4-14(13)26-15/h1-5,7,15,19H,6,8-10H2. The molecule has 5 rings (SSSR count). The van der Waals surface area contributed by atoms with Crippen molar-refractivity contribution in [2.75, 3.05) is 13.2 Å². The Balaban J connectivity index is 1.41. The maximum Gasteiger partial charge on any atom is 0.277 e. The van der Waals surface area contributed by atoms with E-state index < -0.39 is 6.10 Å². The van der Waals surface area contributed by atoms with Crippen molar-refractivity contribution in [3.05, 3.63) is 58.1 Å². The van der Waals surface area contributed by atoms with E-state index in [1.807, 2.05) is 12.1 Å². The van der Waals surface area contributed by atoms with Crippen LogP contribution in [0.1, 0.15) is 11.3 Å². The molecule has 0 radical (unpaired) electrons. The molecule has 8 heteroatoms. The molecule has 1 aromatic carbocycles. The number of carbonyl (C=O) groups is 1. The zero-order valence-corrected chi connectivity index (χ0v) is 13.8. The number of hydrogen-bond donors (Lipinski definition) is 1. The lowest BCUT2D eigenvalue weighted by atomic mass is 10.1. The third-order valence-electron chi connectivity index (χ3n) is 4.79. The van der Waals surface area contributed by atoms with Crippen molar-refractivity contribution in [2.24, 2.45) is 0 Å². The number of rotatable bonds is 1. The second-order valence-electron chi connectivity index (χ2n) is 6.37. The zero-order chi connectivity index (χ0) is 17.7. The minimum absolute atomic E-state index is 0.159. The SMILES string of the molecule is O=C(C1COc2ccccc2O1)N1CCc2nc3cc[nH]n3c(=O)c2C1. The van der Waals surface area contributed by atoms with E-state index in [2.05, 4.69) is 10.1 Å². The van der Waals surface area contributed by atoms with Crippen LogP contribution in [0.3, 0.4) is 0 Å². The van der Waals surface area contributed by atoms with E-state index in [1.165, 1.54) is 4.52 Å². The van der Waals surface area contributed by atoms with Crippen molar-refractivity contribution in [3.8, 4) is 11.5 Å². The highest BCUT2D eigenvalue weighted by atomic mass is 16.6. The Morgan fingerprint density at radius 1 is 1.23 bits per heavy atom. The Morgan fingerprint density at radius 3 is 2.96 bits per heavy atom. The lowest BCUT2D eigenvalue weighted by Crippen LogP contribution is -2.49. The summed E-state index contributed by atoms with van der Waals surface area (Å²) >= 11 is 0. The largest absolute Gasteiger partial charge is 0.485 e. The van der Waals surface area contributed by atoms with Gasteiger partial charge in [-0.25, -0.2) is 9.50 Å². The molecule has 0 fully saturated rings. The summed E-state index contributed by atoms with van der Waals surface area (Å²) < 4.78 is 12.8. The van der Waals surface area contributed by atoms with Gasteiger partial charge in [-0.15, -0.1) is 0 Å². The second-order valence-corrected chi connectivity index (χ2v) is 6.37. The first-order valence-corrected chi connectivity index (χ1v) is 8.46. The van der Waals surface area contributed by atoms with Crippen molar-refractivity contribution in [2.45, 2.75) is 19.1 Å². The molecule has 2 aromatic heterocycles. The number of fused-ring (bicyclic) bond motifs is 3. The van der Waals surface area contributed by atoms with E-state index >= 15 is 0 Å². The summed E-state index contributed by atoms with van der Waals surface area (Å²) in [6.07, 6.45) is 1.50. The summed E-state index contributed by atoms with van der Waals surface area (Å²) in [6.45, 7) is 0.885. The maximum atomic E-state index is 12.9. The quantitative estimate of drug-likeness (QED) is 0.698. The van der Waals surface area contributed by atoms with Crippen molar-refractivity contribution in [1.82, 2.24) is 19.5 Å². The Morgan fingerprint density at radius 2 is 2.08 bits per heavy atom. The lowest BCUT2D eigenvalue weighted by Gasteiger charge is -2.33. The minimum Gasteiger partial charge on any atom is -0.485 e. The predicted molar refractivity (Wildman–Crippen MR) is 91.3 cm³/mol. The second kappa shape index (κ2) is 5.62. The number of H-pyrrole nitrogens is 1. The number of benzene rings is 1. The summed E-state index contributed by atoms with van der Waals surface area (Å²) in [6, 6.07) is 9.03. The van der Waals surface area contributed by atoms with E-state index in [9.17, 15) is 9.59 Å². The summed E-state index contributed by atoms with van der Waals surface area (Å²) in [5, 5.41) is 2.85. The molecule has 1 unspecified atom stereocenters. The molecule has 0 spiro atoms. The first-order valence-electron chi connectivity index (χ1n) is 8.46. The van der Waals surface area contributed by atoms with Gasteiger partial charge in [-0.3, -0.25) is 14.7 Å². The number of nitrogens with one attached hydrogen (secondary N) is 1. The molecule has 8 nitrogen and oxygen atoms in total. The number of nitrogens with zero attached hydrogens (tertiary/aromatic N) is 3. The molecule has 132 valence electrons. The van der Waals surface area contributed by atoms with Gasteiger partial charge >= 0.3 is 0 Å². The van der Waals surface area contributed by atoms with Gasteiger partial charge in [0.1, 0.15) is 6.61 Å². The zero-order valence-electron chi connectivity index (χ0n) is 13.8. The molecule has 1 atom stereocenters. The number of carbonyl (C=O) groups excluding carboxylic acids is 1. The molecule has 0 bridgehead atoms. The van der Waals surface area contributed by atoms with Gasteiger partial charge in [0.2, 0.25) is 6.10 Å². The van der Waals surface area contributed by atoms with Crippen LogP contribution in [0, 0.1) is 0 Å². The highest BCUT2D eigenvalue weighted by Crippen LogP contribution is 2.31. The highest BCUT2D eigenvalue weighted by molar-refractivity contribution is 5.82. The van der Waals surface area contributed by atoms with E-state index in [1.54, 1.807) is 29.3 Å². The minimum atomic E-state index is -0.712. The Hall–Kier alpha value is -3.29. The molecule has 4 heterocycles. The van der Waals surface area contributed by atoms with Gasteiger partial charge < -0.3 is 14.4 Å². The van der Waals surface area contributed by atoms with Crippen LogP contribution in [0.5, 0.6) is 11.5 Å². The molecule has 2 aliphatic rings. The van der Waals surface area contributed by atoms with Gasteiger partial charge in [-0.1, -0.05) is 12.1 Å². The summed E-state index contributed by atoms with van der Waals surface area (Å²) in [5.41, 5.74) is 1.72. The fraction of sp³-hybridized carbons (Fsp3) is 0.278. The molecule has 1 amide bonds. The molecule has 1 N–H and O–H groups in total. The number of para-hydroxylation sites is 2. The summed E-state index contributed by atoms with van der Waals surface area (Å²) in [4.78, 5) is 31.7. The predicted octanol–water partition coefficient (Wildman–Crippen LogP) is 0.747. The fourth-order valence-electron chi connectivity index (χ4n) is 3.45. The monoisotopic (exact) mass is 352 g/mol. The van der Waals surface area contributed by atoms with Crippen LogP contribution in [0.4, 0.5) is 0 Å². The molecule has 3 aromatic rings. The van der Waals surface area contributed by atoms with Gasteiger partial charge in [0.25, 0.3) is 11.5 Å². The first kappa shape index (κ1) is 15.0. The molecule has 0 saturated heterocycles. The third-order valence-corrected chi connectivity index (χ3v) is 4.79. The number of amides is 1. The van der Waals surface area contributed by atoms with Crippen molar-refractivity contribution < 1.29 is 14.3 Å². The van der Waals surface area contributed by atoms with Crippen LogP contribution < -0.4 is 15.0 Å². The third kappa shape index (κ3) is 2.26. The van der Waals surface area contributed by atoms with Crippen LogP contribution in [-0.4, -0.2) is 44.7 Å². The van der Waals surface area contributed by atoms with Crippen LogP contribution in [0.25, 0.3) is 5.65 Å². The number of aromatic amines is 1. The maximum absolute atomic E-state index is 12.9. The molecule has 0 aliphatic carbocycles.